The lowest BCUT2D eigenvalue weighted by Crippen LogP contribution is -2.51. The van der Waals surface area contributed by atoms with E-state index in [0.717, 1.165) is 6.54 Å². The summed E-state index contributed by atoms with van der Waals surface area (Å²) < 4.78 is 4.95. The number of carbonyl (C=O) groups excluding carboxylic acids is 1. The summed E-state index contributed by atoms with van der Waals surface area (Å²) in [4.78, 5) is 11.4. The van der Waals surface area contributed by atoms with Gasteiger partial charge < -0.3 is 4.74 Å². The molecule has 0 aromatic heterocycles. The van der Waals surface area contributed by atoms with Crippen molar-refractivity contribution in [3.05, 3.63) is 12.2 Å². The molecule has 0 aromatic rings. The molecule has 1 N–H and O–H groups in total. The minimum atomic E-state index is -0.509. The predicted molar refractivity (Wildman–Crippen MR) is 46.8 cm³/mol. The lowest BCUT2D eigenvalue weighted by Gasteiger charge is -2.29. The van der Waals surface area contributed by atoms with Crippen molar-refractivity contribution in [1.82, 2.24) is 5.32 Å². The largest absolute Gasteiger partial charge is 0.465 e. The maximum atomic E-state index is 11.4. The Morgan fingerprint density at radius 1 is 1.67 bits per heavy atom. The number of hydrogen-bond donors (Lipinski definition) is 1. The van der Waals surface area contributed by atoms with Gasteiger partial charge in [-0.2, -0.15) is 0 Å². The van der Waals surface area contributed by atoms with Gasteiger partial charge in [0.05, 0.1) is 6.61 Å². The number of hydrogen-bond acceptors (Lipinski definition) is 3. The van der Waals surface area contributed by atoms with Gasteiger partial charge in [0.25, 0.3) is 0 Å². The Bertz CT molecular complexity index is 201. The molecule has 1 aliphatic heterocycles. The third kappa shape index (κ3) is 1.85. The highest BCUT2D eigenvalue weighted by atomic mass is 16.5. The lowest BCUT2D eigenvalue weighted by atomic mass is 9.95. The van der Waals surface area contributed by atoms with Gasteiger partial charge in [-0.3, -0.25) is 10.1 Å². The molecule has 0 saturated carbocycles. The van der Waals surface area contributed by atoms with Crippen LogP contribution in [0, 0.1) is 0 Å². The SMILES string of the molecule is CCOC(=O)C1(C)CC=CCN1. The Kier molecular flexibility index (Phi) is 2.87. The van der Waals surface area contributed by atoms with E-state index in [0.29, 0.717) is 13.0 Å². The minimum absolute atomic E-state index is 0.158. The average molecular weight is 169 g/mol. The standard InChI is InChI=1S/C9H15NO2/c1-3-12-8(11)9(2)6-4-5-7-10-9/h4-5,10H,3,6-7H2,1-2H3. The molecular formula is C9H15NO2. The van der Waals surface area contributed by atoms with Crippen LogP contribution < -0.4 is 5.32 Å². The average Bonchev–Trinajstić information content (AvgIpc) is 2.06. The quantitative estimate of drug-likeness (QED) is 0.492. The second-order valence-corrected chi connectivity index (χ2v) is 3.11. The molecule has 3 nitrogen and oxygen atoms in total. The number of ether oxygens (including phenoxy) is 1. The molecule has 0 aromatic carbocycles. The van der Waals surface area contributed by atoms with Crippen LogP contribution in [0.25, 0.3) is 0 Å². The lowest BCUT2D eigenvalue weighted by molar-refractivity contribution is -0.150. The summed E-state index contributed by atoms with van der Waals surface area (Å²) in [5.41, 5.74) is -0.509. The van der Waals surface area contributed by atoms with E-state index >= 15 is 0 Å². The molecule has 1 unspecified atom stereocenters. The van der Waals surface area contributed by atoms with E-state index in [9.17, 15) is 4.79 Å². The predicted octanol–water partition coefficient (Wildman–Crippen LogP) is 0.858. The van der Waals surface area contributed by atoms with E-state index in [2.05, 4.69) is 5.32 Å². The number of esters is 1. The van der Waals surface area contributed by atoms with Crippen molar-refractivity contribution >= 4 is 5.97 Å². The van der Waals surface area contributed by atoms with Crippen molar-refractivity contribution in [2.75, 3.05) is 13.2 Å². The summed E-state index contributed by atoms with van der Waals surface area (Å²) in [5, 5.41) is 3.12. The van der Waals surface area contributed by atoms with Crippen molar-refractivity contribution in [2.24, 2.45) is 0 Å². The summed E-state index contributed by atoms with van der Waals surface area (Å²) in [6.07, 6.45) is 4.74. The Balaban J connectivity index is 2.58. The number of rotatable bonds is 2. The maximum Gasteiger partial charge on any atom is 0.326 e. The monoisotopic (exact) mass is 169 g/mol. The molecule has 0 spiro atoms. The molecule has 0 saturated heterocycles. The first-order chi connectivity index (χ1) is 5.69. The Hall–Kier alpha value is -0.830. The second kappa shape index (κ2) is 3.72. The molecule has 1 atom stereocenters. The van der Waals surface area contributed by atoms with Gasteiger partial charge in [0.15, 0.2) is 0 Å². The van der Waals surface area contributed by atoms with Crippen LogP contribution in [0.1, 0.15) is 20.3 Å². The number of carbonyl (C=O) groups is 1. The van der Waals surface area contributed by atoms with Crippen LogP contribution in [-0.2, 0) is 9.53 Å². The summed E-state index contributed by atoms with van der Waals surface area (Å²) in [6, 6.07) is 0. The second-order valence-electron chi connectivity index (χ2n) is 3.11. The van der Waals surface area contributed by atoms with Crippen LogP contribution in [0.5, 0.6) is 0 Å². The first-order valence-electron chi connectivity index (χ1n) is 4.26. The van der Waals surface area contributed by atoms with Crippen LogP contribution in [-0.4, -0.2) is 24.7 Å². The van der Waals surface area contributed by atoms with E-state index in [1.807, 2.05) is 26.0 Å². The van der Waals surface area contributed by atoms with Crippen LogP contribution in [0.15, 0.2) is 12.2 Å². The molecule has 12 heavy (non-hydrogen) atoms. The summed E-state index contributed by atoms with van der Waals surface area (Å²) >= 11 is 0. The molecule has 68 valence electrons. The van der Waals surface area contributed by atoms with Gasteiger partial charge in [0, 0.05) is 6.54 Å². The molecule has 1 heterocycles. The van der Waals surface area contributed by atoms with Crippen LogP contribution >= 0.6 is 0 Å². The third-order valence-electron chi connectivity index (χ3n) is 2.03. The third-order valence-corrected chi connectivity index (χ3v) is 2.03. The summed E-state index contributed by atoms with van der Waals surface area (Å²) in [6.45, 7) is 4.88. The number of nitrogens with one attached hydrogen (secondary N) is 1. The molecule has 0 radical (unpaired) electrons. The molecule has 1 rings (SSSR count). The highest BCUT2D eigenvalue weighted by Crippen LogP contribution is 2.15. The van der Waals surface area contributed by atoms with Gasteiger partial charge in [0.1, 0.15) is 5.54 Å². The molecular weight excluding hydrogens is 154 g/mol. The highest BCUT2D eigenvalue weighted by Gasteiger charge is 2.33. The van der Waals surface area contributed by atoms with E-state index < -0.39 is 5.54 Å². The van der Waals surface area contributed by atoms with Gasteiger partial charge in [-0.1, -0.05) is 12.2 Å². The molecule has 3 heteroatoms. The van der Waals surface area contributed by atoms with Crippen LogP contribution in [0.2, 0.25) is 0 Å². The van der Waals surface area contributed by atoms with Gasteiger partial charge in [-0.05, 0) is 20.3 Å². The van der Waals surface area contributed by atoms with Crippen LogP contribution in [0.4, 0.5) is 0 Å². The summed E-state index contributed by atoms with van der Waals surface area (Å²) in [7, 11) is 0. The van der Waals surface area contributed by atoms with E-state index in [4.69, 9.17) is 4.74 Å². The first-order valence-corrected chi connectivity index (χ1v) is 4.26. The normalized spacial score (nSPS) is 28.5. The first kappa shape index (κ1) is 9.26. The van der Waals surface area contributed by atoms with Gasteiger partial charge in [-0.15, -0.1) is 0 Å². The van der Waals surface area contributed by atoms with Crippen molar-refractivity contribution in [3.8, 4) is 0 Å². The van der Waals surface area contributed by atoms with Gasteiger partial charge >= 0.3 is 5.97 Å². The van der Waals surface area contributed by atoms with E-state index in [-0.39, 0.29) is 5.97 Å². The molecule has 0 bridgehead atoms. The highest BCUT2D eigenvalue weighted by molar-refractivity contribution is 5.80. The minimum Gasteiger partial charge on any atom is -0.465 e. The fourth-order valence-electron chi connectivity index (χ4n) is 1.20. The zero-order valence-corrected chi connectivity index (χ0v) is 7.59. The Morgan fingerprint density at radius 2 is 2.42 bits per heavy atom. The van der Waals surface area contributed by atoms with Crippen molar-refractivity contribution < 1.29 is 9.53 Å². The molecule has 0 aliphatic carbocycles. The fraction of sp³-hybridized carbons (Fsp3) is 0.667. The zero-order valence-electron chi connectivity index (χ0n) is 7.59. The Morgan fingerprint density at radius 3 is 2.92 bits per heavy atom. The zero-order chi connectivity index (χ0) is 9.03. The maximum absolute atomic E-state index is 11.4. The topological polar surface area (TPSA) is 38.3 Å². The van der Waals surface area contributed by atoms with Crippen LogP contribution in [0.3, 0.4) is 0 Å². The molecule has 0 amide bonds. The van der Waals surface area contributed by atoms with Crippen molar-refractivity contribution in [3.63, 3.8) is 0 Å². The smallest absolute Gasteiger partial charge is 0.326 e. The molecule has 0 fully saturated rings. The Labute approximate surface area is 72.8 Å². The van der Waals surface area contributed by atoms with Gasteiger partial charge in [-0.25, -0.2) is 0 Å². The van der Waals surface area contributed by atoms with Crippen molar-refractivity contribution in [1.29, 1.82) is 0 Å². The van der Waals surface area contributed by atoms with Gasteiger partial charge in [0.2, 0.25) is 0 Å². The van der Waals surface area contributed by atoms with Crippen molar-refractivity contribution in [2.45, 2.75) is 25.8 Å². The summed E-state index contributed by atoms with van der Waals surface area (Å²) in [5.74, 6) is -0.158. The van der Waals surface area contributed by atoms with E-state index in [1.54, 1.807) is 0 Å². The molecule has 1 aliphatic rings. The fourth-order valence-corrected chi connectivity index (χ4v) is 1.20. The van der Waals surface area contributed by atoms with E-state index in [1.165, 1.54) is 0 Å².